The first kappa shape index (κ1) is 19.9. The molecule has 2 aromatic carbocycles. The smallest absolute Gasteiger partial charge is 0.255 e. The number of nitrogens with two attached hydrogens (primary N) is 1. The Morgan fingerprint density at radius 1 is 1.17 bits per heavy atom. The fourth-order valence-electron chi connectivity index (χ4n) is 3.81. The number of ether oxygens (including phenoxy) is 1. The highest BCUT2D eigenvalue weighted by Crippen LogP contribution is 2.28. The van der Waals surface area contributed by atoms with Crippen LogP contribution in [0.3, 0.4) is 0 Å². The van der Waals surface area contributed by atoms with Crippen LogP contribution in [-0.4, -0.2) is 41.8 Å². The summed E-state index contributed by atoms with van der Waals surface area (Å²) in [5.74, 6) is -0.0917. The molecule has 2 heterocycles. The number of amides is 3. The molecular weight excluding hydrogens is 384 g/mol. The molecule has 0 radical (unpaired) electrons. The second kappa shape index (κ2) is 8.54. The highest BCUT2D eigenvalue weighted by atomic mass is 16.5. The molecule has 0 aromatic heterocycles. The van der Waals surface area contributed by atoms with Crippen molar-refractivity contribution in [3.63, 3.8) is 0 Å². The van der Waals surface area contributed by atoms with Gasteiger partial charge in [0.05, 0.1) is 0 Å². The zero-order chi connectivity index (χ0) is 21.1. The van der Waals surface area contributed by atoms with Gasteiger partial charge in [-0.05, 0) is 35.7 Å². The molecule has 3 amide bonds. The number of nitrogens with one attached hydrogen (secondary N) is 2. The van der Waals surface area contributed by atoms with Crippen molar-refractivity contribution in [3.05, 3.63) is 59.2 Å². The van der Waals surface area contributed by atoms with Gasteiger partial charge in [-0.2, -0.15) is 0 Å². The normalized spacial score (nSPS) is 18.2. The summed E-state index contributed by atoms with van der Waals surface area (Å²) in [5.41, 5.74) is 8.92. The molecule has 1 atom stereocenters. The lowest BCUT2D eigenvalue weighted by molar-refractivity contribution is -0.136. The Morgan fingerprint density at radius 2 is 2.03 bits per heavy atom. The largest absolute Gasteiger partial charge is 0.492 e. The quantitative estimate of drug-likeness (QED) is 0.597. The number of carbonyl (C=O) groups excluding carboxylic acids is 3. The van der Waals surface area contributed by atoms with E-state index in [-0.39, 0.29) is 18.2 Å². The number of benzene rings is 2. The monoisotopic (exact) mass is 408 g/mol. The lowest BCUT2D eigenvalue weighted by Gasteiger charge is -2.29. The predicted molar refractivity (Wildman–Crippen MR) is 111 cm³/mol. The SMILES string of the molecule is NCCOc1cccc(NCc2ccc3c(c2)CN(C2CCC(=O)NC2=O)C3=O)c1. The third-order valence-corrected chi connectivity index (χ3v) is 5.31. The number of piperidine rings is 1. The summed E-state index contributed by atoms with van der Waals surface area (Å²) in [4.78, 5) is 37.9. The molecule has 1 saturated heterocycles. The molecule has 156 valence electrons. The van der Waals surface area contributed by atoms with Gasteiger partial charge < -0.3 is 20.7 Å². The van der Waals surface area contributed by atoms with Crippen molar-refractivity contribution in [1.82, 2.24) is 10.2 Å². The lowest BCUT2D eigenvalue weighted by atomic mass is 10.0. The molecule has 1 fully saturated rings. The minimum Gasteiger partial charge on any atom is -0.492 e. The molecule has 2 aromatic rings. The van der Waals surface area contributed by atoms with Crippen molar-refractivity contribution in [2.45, 2.75) is 32.0 Å². The Hall–Kier alpha value is -3.39. The van der Waals surface area contributed by atoms with Gasteiger partial charge in [-0.15, -0.1) is 0 Å². The second-order valence-corrected chi connectivity index (χ2v) is 7.41. The molecule has 1 unspecified atom stereocenters. The van der Waals surface area contributed by atoms with E-state index in [1.54, 1.807) is 11.0 Å². The minimum absolute atomic E-state index is 0.163. The minimum atomic E-state index is -0.597. The first-order chi connectivity index (χ1) is 14.5. The Labute approximate surface area is 174 Å². The predicted octanol–water partition coefficient (Wildman–Crippen LogP) is 1.40. The van der Waals surface area contributed by atoms with Crippen LogP contribution in [0.1, 0.15) is 34.3 Å². The van der Waals surface area contributed by atoms with Gasteiger partial charge in [-0.3, -0.25) is 19.7 Å². The fourth-order valence-corrected chi connectivity index (χ4v) is 3.81. The van der Waals surface area contributed by atoms with Gasteiger partial charge >= 0.3 is 0 Å². The third-order valence-electron chi connectivity index (χ3n) is 5.31. The van der Waals surface area contributed by atoms with E-state index < -0.39 is 11.9 Å². The molecule has 0 aliphatic carbocycles. The van der Waals surface area contributed by atoms with Gasteiger partial charge in [0.1, 0.15) is 18.4 Å². The molecule has 0 bridgehead atoms. The van der Waals surface area contributed by atoms with Crippen molar-refractivity contribution in [2.75, 3.05) is 18.5 Å². The topological polar surface area (TPSA) is 114 Å². The zero-order valence-corrected chi connectivity index (χ0v) is 16.5. The van der Waals surface area contributed by atoms with Crippen molar-refractivity contribution < 1.29 is 19.1 Å². The average Bonchev–Trinajstić information content (AvgIpc) is 3.07. The number of rotatable bonds is 7. The maximum Gasteiger partial charge on any atom is 0.255 e. The third kappa shape index (κ3) is 4.13. The van der Waals surface area contributed by atoms with E-state index in [0.29, 0.717) is 38.2 Å². The van der Waals surface area contributed by atoms with Crippen molar-refractivity contribution in [1.29, 1.82) is 0 Å². The van der Waals surface area contributed by atoms with Crippen LogP contribution < -0.4 is 21.1 Å². The van der Waals surface area contributed by atoms with Crippen LogP contribution in [0.4, 0.5) is 5.69 Å². The molecule has 2 aliphatic heterocycles. The zero-order valence-electron chi connectivity index (χ0n) is 16.5. The lowest BCUT2D eigenvalue weighted by Crippen LogP contribution is -2.52. The second-order valence-electron chi connectivity index (χ2n) is 7.41. The summed E-state index contributed by atoms with van der Waals surface area (Å²) in [5, 5.41) is 5.68. The van der Waals surface area contributed by atoms with Gasteiger partial charge in [0.2, 0.25) is 11.8 Å². The number of imide groups is 1. The molecule has 8 nitrogen and oxygen atoms in total. The van der Waals surface area contributed by atoms with Crippen molar-refractivity contribution in [3.8, 4) is 5.75 Å². The van der Waals surface area contributed by atoms with Gasteiger partial charge in [-0.25, -0.2) is 0 Å². The van der Waals surface area contributed by atoms with E-state index >= 15 is 0 Å². The summed E-state index contributed by atoms with van der Waals surface area (Å²) in [6.07, 6.45) is 0.612. The average molecular weight is 408 g/mol. The Kier molecular flexibility index (Phi) is 5.67. The van der Waals surface area contributed by atoms with Gasteiger partial charge in [0, 0.05) is 43.4 Å². The van der Waals surface area contributed by atoms with Crippen LogP contribution in [0.5, 0.6) is 5.75 Å². The molecule has 8 heteroatoms. The first-order valence-corrected chi connectivity index (χ1v) is 9.98. The van der Waals surface area contributed by atoms with Gasteiger partial charge in [-0.1, -0.05) is 18.2 Å². The number of carbonyl (C=O) groups is 3. The summed E-state index contributed by atoms with van der Waals surface area (Å²) in [6.45, 7) is 1.88. The number of hydrogen-bond acceptors (Lipinski definition) is 6. The Balaban J connectivity index is 1.42. The number of hydrogen-bond donors (Lipinski definition) is 3. The summed E-state index contributed by atoms with van der Waals surface area (Å²) in [6, 6.07) is 12.8. The van der Waals surface area contributed by atoms with E-state index in [4.69, 9.17) is 10.5 Å². The van der Waals surface area contributed by atoms with Crippen LogP contribution >= 0.6 is 0 Å². The molecule has 0 spiro atoms. The molecular formula is C22H24N4O4. The first-order valence-electron chi connectivity index (χ1n) is 9.98. The van der Waals surface area contributed by atoms with Crippen molar-refractivity contribution >= 4 is 23.4 Å². The molecule has 2 aliphatic rings. The Bertz CT molecular complexity index is 991. The summed E-state index contributed by atoms with van der Waals surface area (Å²) >= 11 is 0. The number of anilines is 1. The van der Waals surface area contributed by atoms with Crippen LogP contribution in [0.2, 0.25) is 0 Å². The fraction of sp³-hybridized carbons (Fsp3) is 0.318. The van der Waals surface area contributed by atoms with Crippen LogP contribution in [-0.2, 0) is 22.7 Å². The van der Waals surface area contributed by atoms with E-state index in [9.17, 15) is 14.4 Å². The maximum absolute atomic E-state index is 12.8. The maximum atomic E-state index is 12.8. The summed E-state index contributed by atoms with van der Waals surface area (Å²) < 4.78 is 5.54. The van der Waals surface area contributed by atoms with E-state index in [1.165, 1.54) is 0 Å². The highest BCUT2D eigenvalue weighted by Gasteiger charge is 2.38. The standard InChI is InChI=1S/C22H24N4O4/c23-8-9-30-17-3-1-2-16(11-17)24-12-14-4-5-18-15(10-14)13-26(22(18)29)19-6-7-20(27)25-21(19)28/h1-5,10-11,19,24H,6-9,12-13,23H2,(H,25,27,28). The molecule has 4 N–H and O–H groups in total. The molecule has 30 heavy (non-hydrogen) atoms. The molecule has 0 saturated carbocycles. The van der Waals surface area contributed by atoms with Crippen LogP contribution in [0, 0.1) is 0 Å². The number of fused-ring (bicyclic) bond motifs is 1. The molecule has 4 rings (SSSR count). The van der Waals surface area contributed by atoms with E-state index in [1.807, 2.05) is 36.4 Å². The highest BCUT2D eigenvalue weighted by molar-refractivity contribution is 6.05. The summed E-state index contributed by atoms with van der Waals surface area (Å²) in [7, 11) is 0. The number of nitrogens with zero attached hydrogens (tertiary/aromatic N) is 1. The Morgan fingerprint density at radius 3 is 2.83 bits per heavy atom. The van der Waals surface area contributed by atoms with Crippen molar-refractivity contribution in [2.24, 2.45) is 5.73 Å². The van der Waals surface area contributed by atoms with E-state index in [2.05, 4.69) is 10.6 Å². The van der Waals surface area contributed by atoms with Crippen LogP contribution in [0.25, 0.3) is 0 Å². The van der Waals surface area contributed by atoms with Crippen LogP contribution in [0.15, 0.2) is 42.5 Å². The van der Waals surface area contributed by atoms with Gasteiger partial charge in [0.25, 0.3) is 5.91 Å². The van der Waals surface area contributed by atoms with Gasteiger partial charge in [0.15, 0.2) is 0 Å². The van der Waals surface area contributed by atoms with E-state index in [0.717, 1.165) is 22.6 Å².